The summed E-state index contributed by atoms with van der Waals surface area (Å²) in [6.45, 7) is 0. The molecular formula is C19H14N2O. The lowest BCUT2D eigenvalue weighted by Gasteiger charge is -2.31. The smallest absolute Gasteiger partial charge is 0.221 e. The fourth-order valence-corrected chi connectivity index (χ4v) is 3.31. The molecule has 0 bridgehead atoms. The summed E-state index contributed by atoms with van der Waals surface area (Å²) in [4.78, 5) is 4.65. The predicted molar refractivity (Wildman–Crippen MR) is 89.2 cm³/mol. The number of hydrogen-bond acceptors (Lipinski definition) is 3. The Labute approximate surface area is 128 Å². The number of anilines is 1. The molecule has 0 aromatic heterocycles. The average molecular weight is 286 g/mol. The van der Waals surface area contributed by atoms with Crippen LogP contribution in [-0.4, -0.2) is 11.9 Å². The van der Waals surface area contributed by atoms with Gasteiger partial charge in [-0.15, -0.1) is 0 Å². The van der Waals surface area contributed by atoms with Crippen molar-refractivity contribution in [1.82, 2.24) is 0 Å². The molecule has 1 atom stereocenters. The molecular weight excluding hydrogens is 272 g/mol. The van der Waals surface area contributed by atoms with Gasteiger partial charge in [-0.2, -0.15) is 0 Å². The van der Waals surface area contributed by atoms with Gasteiger partial charge in [-0.25, -0.2) is 0 Å². The van der Waals surface area contributed by atoms with Crippen molar-refractivity contribution in [2.24, 2.45) is 4.99 Å². The third-order valence-corrected chi connectivity index (χ3v) is 4.37. The molecule has 2 aliphatic rings. The van der Waals surface area contributed by atoms with Gasteiger partial charge in [0.05, 0.1) is 6.21 Å². The van der Waals surface area contributed by atoms with Crippen LogP contribution in [-0.2, 0) is 6.42 Å². The Bertz CT molecular complexity index is 905. The molecule has 3 nitrogen and oxygen atoms in total. The molecule has 2 heterocycles. The van der Waals surface area contributed by atoms with Crippen molar-refractivity contribution in [1.29, 1.82) is 0 Å². The first kappa shape index (κ1) is 11.8. The first-order valence-electron chi connectivity index (χ1n) is 7.45. The minimum absolute atomic E-state index is 0.569. The predicted octanol–water partition coefficient (Wildman–Crippen LogP) is 4.30. The van der Waals surface area contributed by atoms with Gasteiger partial charge in [0.25, 0.3) is 0 Å². The lowest BCUT2D eigenvalue weighted by Crippen LogP contribution is -2.45. The highest BCUT2D eigenvalue weighted by Gasteiger charge is 2.40. The zero-order valence-electron chi connectivity index (χ0n) is 11.9. The van der Waals surface area contributed by atoms with E-state index in [0.29, 0.717) is 0 Å². The Hall–Kier alpha value is -2.81. The maximum atomic E-state index is 6.42. The molecule has 5 rings (SSSR count). The Morgan fingerprint density at radius 2 is 1.82 bits per heavy atom. The van der Waals surface area contributed by atoms with Gasteiger partial charge in [-0.3, -0.25) is 4.99 Å². The van der Waals surface area contributed by atoms with Crippen LogP contribution in [0.15, 0.2) is 65.7 Å². The van der Waals surface area contributed by atoms with Gasteiger partial charge >= 0.3 is 0 Å². The quantitative estimate of drug-likeness (QED) is 0.668. The second-order valence-electron chi connectivity index (χ2n) is 5.84. The van der Waals surface area contributed by atoms with Crippen molar-refractivity contribution >= 4 is 28.4 Å². The zero-order chi connectivity index (χ0) is 14.6. The van der Waals surface area contributed by atoms with Crippen molar-refractivity contribution in [3.8, 4) is 5.75 Å². The third kappa shape index (κ3) is 1.59. The first-order chi connectivity index (χ1) is 10.8. The Kier molecular flexibility index (Phi) is 2.20. The molecule has 3 aromatic rings. The van der Waals surface area contributed by atoms with Gasteiger partial charge < -0.3 is 10.1 Å². The molecule has 0 saturated carbocycles. The van der Waals surface area contributed by atoms with E-state index in [4.69, 9.17) is 4.74 Å². The highest BCUT2D eigenvalue weighted by Crippen LogP contribution is 2.43. The molecule has 1 N–H and O–H groups in total. The number of rotatable bonds is 0. The minimum atomic E-state index is -0.569. The van der Waals surface area contributed by atoms with E-state index in [-0.39, 0.29) is 0 Å². The van der Waals surface area contributed by atoms with E-state index in [2.05, 4.69) is 46.7 Å². The van der Waals surface area contributed by atoms with Gasteiger partial charge in [-0.05, 0) is 23.1 Å². The first-order valence-corrected chi connectivity index (χ1v) is 7.45. The van der Waals surface area contributed by atoms with Crippen LogP contribution in [0.3, 0.4) is 0 Å². The summed E-state index contributed by atoms with van der Waals surface area (Å²) in [7, 11) is 0. The third-order valence-electron chi connectivity index (χ3n) is 4.37. The SMILES string of the molecule is C1=Nc2ccc3ccccc3c2OC12Cc1ccccc1N2. The van der Waals surface area contributed by atoms with Crippen molar-refractivity contribution in [3.63, 3.8) is 0 Å². The zero-order valence-corrected chi connectivity index (χ0v) is 11.9. The van der Waals surface area contributed by atoms with E-state index in [1.54, 1.807) is 0 Å². The highest BCUT2D eigenvalue weighted by molar-refractivity contribution is 5.96. The Balaban J connectivity index is 1.64. The van der Waals surface area contributed by atoms with E-state index >= 15 is 0 Å². The molecule has 22 heavy (non-hydrogen) atoms. The molecule has 106 valence electrons. The van der Waals surface area contributed by atoms with Crippen LogP contribution in [0.25, 0.3) is 10.8 Å². The van der Waals surface area contributed by atoms with Gasteiger partial charge in [0.2, 0.25) is 5.72 Å². The number of nitrogens with one attached hydrogen (secondary N) is 1. The van der Waals surface area contributed by atoms with Crippen LogP contribution in [0.5, 0.6) is 5.75 Å². The summed E-state index contributed by atoms with van der Waals surface area (Å²) in [6, 6.07) is 20.7. The van der Waals surface area contributed by atoms with Gasteiger partial charge in [-0.1, -0.05) is 48.5 Å². The van der Waals surface area contributed by atoms with E-state index < -0.39 is 5.72 Å². The molecule has 0 fully saturated rings. The molecule has 2 aliphatic heterocycles. The fraction of sp³-hybridized carbons (Fsp3) is 0.105. The second kappa shape index (κ2) is 4.10. The summed E-state index contributed by atoms with van der Waals surface area (Å²) in [5.74, 6) is 0.862. The van der Waals surface area contributed by atoms with Crippen LogP contribution in [0.1, 0.15) is 5.56 Å². The topological polar surface area (TPSA) is 33.6 Å². The molecule has 3 aromatic carbocycles. The lowest BCUT2D eigenvalue weighted by molar-refractivity contribution is 0.183. The van der Waals surface area contributed by atoms with Gasteiger partial charge in [0.1, 0.15) is 5.69 Å². The van der Waals surface area contributed by atoms with Crippen LogP contribution < -0.4 is 10.1 Å². The van der Waals surface area contributed by atoms with Gasteiger partial charge in [0.15, 0.2) is 5.75 Å². The number of nitrogens with zero attached hydrogens (tertiary/aromatic N) is 1. The normalized spacial score (nSPS) is 21.3. The molecule has 1 unspecified atom stereocenters. The number of hydrogen-bond donors (Lipinski definition) is 1. The molecule has 0 saturated heterocycles. The monoisotopic (exact) mass is 286 g/mol. The lowest BCUT2D eigenvalue weighted by atomic mass is 10.0. The van der Waals surface area contributed by atoms with E-state index in [9.17, 15) is 0 Å². The van der Waals surface area contributed by atoms with Gasteiger partial charge in [0, 0.05) is 17.5 Å². The number of fused-ring (bicyclic) bond motifs is 4. The summed E-state index contributed by atoms with van der Waals surface area (Å²) >= 11 is 0. The summed E-state index contributed by atoms with van der Waals surface area (Å²) in [6.07, 6.45) is 2.68. The van der Waals surface area contributed by atoms with Crippen molar-refractivity contribution in [2.45, 2.75) is 12.1 Å². The van der Waals surface area contributed by atoms with Crippen molar-refractivity contribution < 1.29 is 4.74 Å². The van der Waals surface area contributed by atoms with Crippen LogP contribution in [0.4, 0.5) is 11.4 Å². The number of aliphatic imine (C=N–C) groups is 1. The maximum absolute atomic E-state index is 6.42. The standard InChI is InChI=1S/C19H14N2O/c1-3-7-15-13(5-1)9-10-17-18(15)22-19(12-20-17)11-14-6-2-4-8-16(14)21-19/h1-10,12,21H,11H2. The van der Waals surface area contributed by atoms with E-state index in [0.717, 1.165) is 28.9 Å². The van der Waals surface area contributed by atoms with E-state index in [1.807, 2.05) is 30.5 Å². The Morgan fingerprint density at radius 1 is 0.955 bits per heavy atom. The summed E-state index contributed by atoms with van der Waals surface area (Å²) < 4.78 is 6.42. The number of ether oxygens (including phenoxy) is 1. The molecule has 0 amide bonds. The maximum Gasteiger partial charge on any atom is 0.221 e. The van der Waals surface area contributed by atoms with Crippen LogP contribution in [0, 0.1) is 0 Å². The summed E-state index contributed by atoms with van der Waals surface area (Å²) in [5.41, 5.74) is 2.71. The van der Waals surface area contributed by atoms with Crippen LogP contribution in [0.2, 0.25) is 0 Å². The highest BCUT2D eigenvalue weighted by atomic mass is 16.5. The average Bonchev–Trinajstić information content (AvgIpc) is 2.92. The van der Waals surface area contributed by atoms with Crippen molar-refractivity contribution in [3.05, 3.63) is 66.2 Å². The minimum Gasteiger partial charge on any atom is -0.460 e. The number of para-hydroxylation sites is 1. The summed E-state index contributed by atoms with van der Waals surface area (Å²) in [5, 5.41) is 5.76. The molecule has 1 spiro atoms. The molecule has 3 heteroatoms. The van der Waals surface area contributed by atoms with Crippen molar-refractivity contribution in [2.75, 3.05) is 5.32 Å². The van der Waals surface area contributed by atoms with E-state index in [1.165, 1.54) is 10.9 Å². The second-order valence-corrected chi connectivity index (χ2v) is 5.84. The molecule has 0 radical (unpaired) electrons. The largest absolute Gasteiger partial charge is 0.460 e. The van der Waals surface area contributed by atoms with Crippen LogP contribution >= 0.6 is 0 Å². The number of benzene rings is 3. The Morgan fingerprint density at radius 3 is 2.77 bits per heavy atom. The molecule has 0 aliphatic carbocycles. The fourth-order valence-electron chi connectivity index (χ4n) is 3.31.